The molecular weight excluding hydrogens is 419 g/mol. The Kier molecular flexibility index (Phi) is 6.78. The summed E-state index contributed by atoms with van der Waals surface area (Å²) in [6, 6.07) is 10.5. The highest BCUT2D eigenvalue weighted by Crippen LogP contribution is 2.29. The van der Waals surface area contributed by atoms with Crippen LogP contribution in [0.25, 0.3) is 10.2 Å². The fourth-order valence-corrected chi connectivity index (χ4v) is 4.54. The third-order valence-corrected chi connectivity index (χ3v) is 5.42. The van der Waals surface area contributed by atoms with E-state index in [4.69, 9.17) is 32.7 Å². The van der Waals surface area contributed by atoms with E-state index in [1.165, 1.54) is 11.3 Å². The van der Waals surface area contributed by atoms with Crippen molar-refractivity contribution in [3.05, 3.63) is 56.8 Å². The van der Waals surface area contributed by atoms with E-state index in [9.17, 15) is 4.79 Å². The lowest BCUT2D eigenvalue weighted by molar-refractivity contribution is 0.0997. The van der Waals surface area contributed by atoms with Crippen molar-refractivity contribution >= 4 is 50.7 Å². The zero-order chi connectivity index (χ0) is 20.3. The maximum Gasteiger partial charge on any atom is 0.279 e. The van der Waals surface area contributed by atoms with E-state index in [0.29, 0.717) is 39.3 Å². The molecule has 1 aromatic heterocycles. The number of methoxy groups -OCH3 is 1. The smallest absolute Gasteiger partial charge is 0.279 e. The summed E-state index contributed by atoms with van der Waals surface area (Å²) in [6.45, 7) is 4.89. The molecule has 2 aromatic carbocycles. The minimum absolute atomic E-state index is 0.0705. The second-order valence-corrected chi connectivity index (χ2v) is 8.22. The summed E-state index contributed by atoms with van der Waals surface area (Å²) >= 11 is 13.9. The Bertz CT molecular complexity index is 1060. The zero-order valence-corrected chi connectivity index (χ0v) is 18.1. The van der Waals surface area contributed by atoms with Gasteiger partial charge in [-0.25, -0.2) is 0 Å². The summed E-state index contributed by atoms with van der Waals surface area (Å²) in [5, 5.41) is 1.05. The summed E-state index contributed by atoms with van der Waals surface area (Å²) < 4.78 is 13.5. The first kappa shape index (κ1) is 20.9. The van der Waals surface area contributed by atoms with Crippen molar-refractivity contribution in [3.63, 3.8) is 0 Å². The summed E-state index contributed by atoms with van der Waals surface area (Å²) in [7, 11) is 1.62. The number of hydrogen-bond acceptors (Lipinski definition) is 4. The van der Waals surface area contributed by atoms with Crippen LogP contribution in [-0.2, 0) is 11.3 Å². The van der Waals surface area contributed by atoms with Crippen molar-refractivity contribution in [2.45, 2.75) is 26.5 Å². The Morgan fingerprint density at radius 1 is 1.21 bits per heavy atom. The van der Waals surface area contributed by atoms with Crippen LogP contribution < -0.4 is 9.54 Å². The van der Waals surface area contributed by atoms with E-state index in [1.807, 2.05) is 24.5 Å². The van der Waals surface area contributed by atoms with Gasteiger partial charge in [0.05, 0.1) is 28.0 Å². The number of carbonyl (C=O) groups excluding carboxylic acids is 1. The molecule has 0 bridgehead atoms. The third kappa shape index (κ3) is 4.75. The molecule has 0 fully saturated rings. The molecule has 3 rings (SSSR count). The predicted molar refractivity (Wildman–Crippen MR) is 114 cm³/mol. The van der Waals surface area contributed by atoms with Gasteiger partial charge in [-0.3, -0.25) is 4.79 Å². The molecular formula is C20H20Cl2N2O3S. The van der Waals surface area contributed by atoms with Gasteiger partial charge in [0.1, 0.15) is 5.75 Å². The van der Waals surface area contributed by atoms with Crippen LogP contribution in [0.5, 0.6) is 5.75 Å². The Balaban J connectivity index is 2.02. The van der Waals surface area contributed by atoms with Gasteiger partial charge in [-0.2, -0.15) is 4.99 Å². The number of hydrogen-bond donors (Lipinski definition) is 0. The quantitative estimate of drug-likeness (QED) is 0.532. The summed E-state index contributed by atoms with van der Waals surface area (Å²) in [6.07, 6.45) is 0.0705. The van der Waals surface area contributed by atoms with E-state index >= 15 is 0 Å². The molecule has 8 heteroatoms. The number of thiazole rings is 1. The summed E-state index contributed by atoms with van der Waals surface area (Å²) in [5.41, 5.74) is 1.27. The lowest BCUT2D eigenvalue weighted by Crippen LogP contribution is -2.19. The molecule has 148 valence electrons. The summed E-state index contributed by atoms with van der Waals surface area (Å²) in [5.74, 6) is 0.376. The number of rotatable bonds is 6. The maximum absolute atomic E-state index is 12.7. The molecule has 0 unspecified atom stereocenters. The monoisotopic (exact) mass is 438 g/mol. The van der Waals surface area contributed by atoms with Crippen molar-refractivity contribution in [1.29, 1.82) is 0 Å². The highest BCUT2D eigenvalue weighted by molar-refractivity contribution is 7.16. The van der Waals surface area contributed by atoms with E-state index in [-0.39, 0.29) is 12.0 Å². The molecule has 0 N–H and O–H groups in total. The van der Waals surface area contributed by atoms with Gasteiger partial charge in [-0.05, 0) is 50.2 Å². The van der Waals surface area contributed by atoms with Crippen molar-refractivity contribution in [3.8, 4) is 5.75 Å². The minimum Gasteiger partial charge on any atom is -0.491 e. The van der Waals surface area contributed by atoms with E-state index in [0.717, 1.165) is 10.2 Å². The molecule has 0 spiro atoms. The van der Waals surface area contributed by atoms with Gasteiger partial charge in [0.25, 0.3) is 5.91 Å². The standard InChI is InChI=1S/C20H20Cl2N2O3S/c1-12(2)27-15-6-4-13(5-7-15)19(25)23-20-24(8-9-26-3)18-16(22)10-14(21)11-17(18)28-20/h4-7,10-12H,8-9H2,1-3H3. The van der Waals surface area contributed by atoms with Crippen LogP contribution in [0.15, 0.2) is 41.4 Å². The maximum atomic E-state index is 12.7. The van der Waals surface area contributed by atoms with Crippen LogP contribution in [0.2, 0.25) is 10.0 Å². The number of nitrogens with zero attached hydrogens (tertiary/aromatic N) is 2. The van der Waals surface area contributed by atoms with Crippen LogP contribution >= 0.6 is 34.5 Å². The highest BCUT2D eigenvalue weighted by atomic mass is 35.5. The summed E-state index contributed by atoms with van der Waals surface area (Å²) in [4.78, 5) is 17.6. The van der Waals surface area contributed by atoms with Crippen LogP contribution in [0.1, 0.15) is 24.2 Å². The first-order chi connectivity index (χ1) is 13.4. The van der Waals surface area contributed by atoms with Crippen molar-refractivity contribution in [2.24, 2.45) is 4.99 Å². The molecule has 0 radical (unpaired) electrons. The first-order valence-electron chi connectivity index (χ1n) is 8.72. The van der Waals surface area contributed by atoms with Gasteiger partial charge in [0.15, 0.2) is 4.80 Å². The molecule has 0 aliphatic rings. The number of fused-ring (bicyclic) bond motifs is 1. The second-order valence-electron chi connectivity index (χ2n) is 6.37. The van der Waals surface area contributed by atoms with Crippen LogP contribution in [0.3, 0.4) is 0 Å². The number of amides is 1. The Hall–Kier alpha value is -1.86. The van der Waals surface area contributed by atoms with Gasteiger partial charge in [0, 0.05) is 24.2 Å². The van der Waals surface area contributed by atoms with Crippen molar-refractivity contribution < 1.29 is 14.3 Å². The SMILES string of the molecule is COCCn1c(=NC(=O)c2ccc(OC(C)C)cc2)sc2cc(Cl)cc(Cl)c21. The molecule has 0 aliphatic carbocycles. The van der Waals surface area contributed by atoms with Gasteiger partial charge in [-0.15, -0.1) is 0 Å². The van der Waals surface area contributed by atoms with Crippen LogP contribution in [-0.4, -0.2) is 30.3 Å². The molecule has 28 heavy (non-hydrogen) atoms. The number of benzene rings is 2. The van der Waals surface area contributed by atoms with Crippen molar-refractivity contribution in [1.82, 2.24) is 4.57 Å². The number of ether oxygens (including phenoxy) is 2. The first-order valence-corrected chi connectivity index (χ1v) is 10.3. The third-order valence-electron chi connectivity index (χ3n) is 3.88. The van der Waals surface area contributed by atoms with E-state index < -0.39 is 0 Å². The Labute approximate surface area is 177 Å². The molecule has 0 atom stereocenters. The topological polar surface area (TPSA) is 52.8 Å². The number of halogens is 2. The number of carbonyl (C=O) groups is 1. The fourth-order valence-electron chi connectivity index (χ4n) is 2.70. The second kappa shape index (κ2) is 9.09. The molecule has 0 saturated heterocycles. The fraction of sp³-hybridized carbons (Fsp3) is 0.300. The van der Waals surface area contributed by atoms with Crippen LogP contribution in [0.4, 0.5) is 0 Å². The highest BCUT2D eigenvalue weighted by Gasteiger charge is 2.13. The molecule has 5 nitrogen and oxygen atoms in total. The van der Waals surface area contributed by atoms with Gasteiger partial charge >= 0.3 is 0 Å². The zero-order valence-electron chi connectivity index (χ0n) is 15.7. The van der Waals surface area contributed by atoms with Gasteiger partial charge < -0.3 is 14.0 Å². The van der Waals surface area contributed by atoms with Gasteiger partial charge in [0.2, 0.25) is 0 Å². The Morgan fingerprint density at radius 3 is 2.57 bits per heavy atom. The van der Waals surface area contributed by atoms with Crippen LogP contribution in [0, 0.1) is 0 Å². The average Bonchev–Trinajstić information content (AvgIpc) is 2.97. The van der Waals surface area contributed by atoms with E-state index in [1.54, 1.807) is 37.4 Å². The molecule has 1 amide bonds. The minimum atomic E-state index is -0.337. The largest absolute Gasteiger partial charge is 0.491 e. The average molecular weight is 439 g/mol. The lowest BCUT2D eigenvalue weighted by atomic mass is 10.2. The van der Waals surface area contributed by atoms with Crippen molar-refractivity contribution in [2.75, 3.05) is 13.7 Å². The Morgan fingerprint density at radius 2 is 1.93 bits per heavy atom. The molecule has 0 saturated carbocycles. The number of aromatic nitrogens is 1. The van der Waals surface area contributed by atoms with E-state index in [2.05, 4.69) is 4.99 Å². The molecule has 3 aromatic rings. The molecule has 1 heterocycles. The predicted octanol–water partition coefficient (Wildman–Crippen LogP) is 5.18. The normalized spacial score (nSPS) is 12.1. The van der Waals surface area contributed by atoms with Gasteiger partial charge in [-0.1, -0.05) is 34.5 Å². The molecule has 0 aliphatic heterocycles. The lowest BCUT2D eigenvalue weighted by Gasteiger charge is -2.09.